The van der Waals surface area contributed by atoms with Crippen molar-refractivity contribution < 1.29 is 17.7 Å². The second-order valence-corrected chi connectivity index (χ2v) is 7.59. The van der Waals surface area contributed by atoms with Crippen LogP contribution < -0.4 is 11.2 Å². The summed E-state index contributed by atoms with van der Waals surface area (Å²) in [6.07, 6.45) is 2.70. The molecule has 4 rings (SSSR count). The van der Waals surface area contributed by atoms with E-state index in [0.29, 0.717) is 29.4 Å². The van der Waals surface area contributed by atoms with Crippen molar-refractivity contribution >= 4 is 0 Å². The number of hydrogen-bond acceptors (Lipinski definition) is 5. The fourth-order valence-electron chi connectivity index (χ4n) is 4.22. The third-order valence-electron chi connectivity index (χ3n) is 5.72. The lowest BCUT2D eigenvalue weighted by Crippen LogP contribution is -2.44. The van der Waals surface area contributed by atoms with E-state index in [9.17, 15) is 22.8 Å². The van der Waals surface area contributed by atoms with Crippen LogP contribution in [0.5, 0.6) is 0 Å². The first-order valence-electron chi connectivity index (χ1n) is 9.60. The van der Waals surface area contributed by atoms with E-state index >= 15 is 0 Å². The summed E-state index contributed by atoms with van der Waals surface area (Å²) in [5.41, 5.74) is -3.51. The molecule has 2 saturated carbocycles. The molecule has 2 aliphatic carbocycles. The highest BCUT2D eigenvalue weighted by Crippen LogP contribution is 2.33. The molecular formula is C18H21F3N4O3. The summed E-state index contributed by atoms with van der Waals surface area (Å²) < 4.78 is 46.9. The van der Waals surface area contributed by atoms with Gasteiger partial charge in [-0.2, -0.15) is 18.2 Å². The predicted molar refractivity (Wildman–Crippen MR) is 92.1 cm³/mol. The van der Waals surface area contributed by atoms with E-state index in [4.69, 9.17) is 4.52 Å². The summed E-state index contributed by atoms with van der Waals surface area (Å²) in [7, 11) is 0. The van der Waals surface area contributed by atoms with Crippen LogP contribution in [0.3, 0.4) is 0 Å². The lowest BCUT2D eigenvalue weighted by atomic mass is 10.1. The lowest BCUT2D eigenvalue weighted by molar-refractivity contribution is -0.139. The van der Waals surface area contributed by atoms with Gasteiger partial charge < -0.3 is 4.52 Å². The largest absolute Gasteiger partial charge is 0.423 e. The molecule has 0 saturated heterocycles. The van der Waals surface area contributed by atoms with Crippen LogP contribution in [0, 0.1) is 0 Å². The van der Waals surface area contributed by atoms with Gasteiger partial charge in [-0.25, -0.2) is 4.79 Å². The van der Waals surface area contributed by atoms with E-state index in [0.717, 1.165) is 43.1 Å². The Morgan fingerprint density at radius 1 is 1.07 bits per heavy atom. The van der Waals surface area contributed by atoms with Crippen LogP contribution in [0.15, 0.2) is 20.3 Å². The van der Waals surface area contributed by atoms with Crippen LogP contribution in [0.25, 0.3) is 0 Å². The Bertz CT molecular complexity index is 964. The van der Waals surface area contributed by atoms with Gasteiger partial charge in [0.1, 0.15) is 12.1 Å². The topological polar surface area (TPSA) is 82.9 Å². The van der Waals surface area contributed by atoms with Crippen LogP contribution in [-0.4, -0.2) is 19.3 Å². The Morgan fingerprint density at radius 3 is 2.36 bits per heavy atom. The zero-order chi connectivity index (χ0) is 19.9. The highest BCUT2D eigenvalue weighted by Gasteiger charge is 2.37. The fraction of sp³-hybridized carbons (Fsp3) is 0.667. The van der Waals surface area contributed by atoms with Crippen LogP contribution in [0.1, 0.15) is 80.6 Å². The summed E-state index contributed by atoms with van der Waals surface area (Å²) in [6, 6.07) is -0.336. The zero-order valence-corrected chi connectivity index (χ0v) is 15.2. The number of hydrogen-bond donors (Lipinski definition) is 0. The molecule has 2 aromatic rings. The van der Waals surface area contributed by atoms with E-state index in [1.165, 1.54) is 0 Å². The van der Waals surface area contributed by atoms with Crippen LogP contribution in [-0.2, 0) is 12.7 Å². The van der Waals surface area contributed by atoms with Crippen molar-refractivity contribution in [2.24, 2.45) is 0 Å². The van der Waals surface area contributed by atoms with Gasteiger partial charge in [-0.15, -0.1) is 0 Å². The fourth-order valence-corrected chi connectivity index (χ4v) is 4.22. The molecule has 10 heteroatoms. The van der Waals surface area contributed by atoms with Gasteiger partial charge in [0.25, 0.3) is 5.56 Å². The molecular weight excluding hydrogens is 377 g/mol. The zero-order valence-electron chi connectivity index (χ0n) is 15.2. The molecule has 28 heavy (non-hydrogen) atoms. The number of alkyl halides is 3. The van der Waals surface area contributed by atoms with E-state index in [-0.39, 0.29) is 17.9 Å². The average Bonchev–Trinajstić information content (AvgIpc) is 3.39. The predicted octanol–water partition coefficient (Wildman–Crippen LogP) is 3.23. The van der Waals surface area contributed by atoms with Crippen molar-refractivity contribution in [3.8, 4) is 0 Å². The van der Waals surface area contributed by atoms with E-state index in [2.05, 4.69) is 10.1 Å². The smallest absolute Gasteiger partial charge is 0.337 e. The molecule has 0 atom stereocenters. The molecule has 0 N–H and O–H groups in total. The van der Waals surface area contributed by atoms with Crippen LogP contribution >= 0.6 is 0 Å². The minimum absolute atomic E-state index is 0.0293. The Labute approximate surface area is 158 Å². The number of aromatic nitrogens is 4. The van der Waals surface area contributed by atoms with Crippen LogP contribution in [0.2, 0.25) is 0 Å². The molecule has 0 aliphatic heterocycles. The molecule has 152 valence electrons. The molecule has 0 aromatic carbocycles. The van der Waals surface area contributed by atoms with Crippen molar-refractivity contribution in [1.29, 1.82) is 0 Å². The van der Waals surface area contributed by atoms with Gasteiger partial charge in [0, 0.05) is 18.2 Å². The molecule has 0 amide bonds. The molecule has 2 fully saturated rings. The minimum atomic E-state index is -4.85. The van der Waals surface area contributed by atoms with Gasteiger partial charge in [-0.3, -0.25) is 13.9 Å². The molecule has 2 aliphatic rings. The van der Waals surface area contributed by atoms with Crippen molar-refractivity contribution in [3.05, 3.63) is 44.3 Å². The summed E-state index contributed by atoms with van der Waals surface area (Å²) >= 11 is 0. The van der Waals surface area contributed by atoms with E-state index < -0.39 is 29.5 Å². The van der Waals surface area contributed by atoms with Gasteiger partial charge >= 0.3 is 11.9 Å². The maximum Gasteiger partial charge on any atom is 0.423 e. The van der Waals surface area contributed by atoms with Gasteiger partial charge in [0.15, 0.2) is 5.82 Å². The Kier molecular flexibility index (Phi) is 4.88. The van der Waals surface area contributed by atoms with Crippen molar-refractivity contribution in [3.63, 3.8) is 0 Å². The third-order valence-corrected chi connectivity index (χ3v) is 5.72. The first-order chi connectivity index (χ1) is 13.3. The standard InChI is InChI=1S/C18H21F3N4O3/c19-18(20,21)13-9-24(12-7-3-4-8-12)17(27)25(16(13)26)10-14-22-15(23-28-14)11-5-1-2-6-11/h9,11-12H,1-8,10H2. The Hall–Kier alpha value is -2.39. The Morgan fingerprint density at radius 2 is 1.71 bits per heavy atom. The molecule has 0 unspecified atom stereocenters. The number of halogens is 3. The molecule has 2 heterocycles. The quantitative estimate of drug-likeness (QED) is 0.790. The summed E-state index contributed by atoms with van der Waals surface area (Å²) in [5.74, 6) is 0.618. The van der Waals surface area contributed by atoms with E-state index in [1.807, 2.05) is 0 Å². The second-order valence-electron chi connectivity index (χ2n) is 7.59. The molecule has 2 aromatic heterocycles. The summed E-state index contributed by atoms with van der Waals surface area (Å²) in [6.45, 7) is -0.464. The first kappa shape index (κ1) is 18.9. The maximum absolute atomic E-state index is 13.4. The lowest BCUT2D eigenvalue weighted by Gasteiger charge is -2.18. The molecule has 0 radical (unpaired) electrons. The minimum Gasteiger partial charge on any atom is -0.337 e. The second kappa shape index (κ2) is 7.21. The maximum atomic E-state index is 13.4. The molecule has 0 bridgehead atoms. The van der Waals surface area contributed by atoms with Gasteiger partial charge in [0.2, 0.25) is 5.89 Å². The van der Waals surface area contributed by atoms with Gasteiger partial charge in [-0.1, -0.05) is 30.8 Å². The summed E-state index contributed by atoms with van der Waals surface area (Å²) in [5, 5.41) is 3.89. The van der Waals surface area contributed by atoms with Crippen molar-refractivity contribution in [1.82, 2.24) is 19.3 Å². The molecule has 0 spiro atoms. The van der Waals surface area contributed by atoms with Crippen molar-refractivity contribution in [2.75, 3.05) is 0 Å². The number of rotatable bonds is 4. The van der Waals surface area contributed by atoms with Crippen LogP contribution in [0.4, 0.5) is 13.2 Å². The molecule has 7 nitrogen and oxygen atoms in total. The van der Waals surface area contributed by atoms with Gasteiger partial charge in [-0.05, 0) is 25.7 Å². The highest BCUT2D eigenvalue weighted by molar-refractivity contribution is 5.12. The van der Waals surface area contributed by atoms with Crippen molar-refractivity contribution in [2.45, 2.75) is 76.0 Å². The SMILES string of the molecule is O=c1c(C(F)(F)F)cn(C2CCCC2)c(=O)n1Cc1nc(C2CCCC2)no1. The average molecular weight is 398 g/mol. The Balaban J connectivity index is 1.74. The first-order valence-corrected chi connectivity index (χ1v) is 9.60. The summed E-state index contributed by atoms with van der Waals surface area (Å²) in [4.78, 5) is 29.4. The normalized spacial score (nSPS) is 19.0. The third kappa shape index (κ3) is 3.51. The number of nitrogens with zero attached hydrogens (tertiary/aromatic N) is 4. The van der Waals surface area contributed by atoms with Gasteiger partial charge in [0.05, 0.1) is 0 Å². The highest BCUT2D eigenvalue weighted by atomic mass is 19.4. The monoisotopic (exact) mass is 398 g/mol. The van der Waals surface area contributed by atoms with E-state index in [1.54, 1.807) is 0 Å².